The van der Waals surface area contributed by atoms with Gasteiger partial charge in [0, 0.05) is 5.56 Å². The first-order valence-corrected chi connectivity index (χ1v) is 10.4. The maximum Gasteiger partial charge on any atom is 0.304 e. The maximum absolute atomic E-state index is 14.7. The molecule has 3 rings (SSSR count). The first-order valence-electron chi connectivity index (χ1n) is 10.4. The number of aryl methyl sites for hydroxylation is 2. The number of hydrogen-bond acceptors (Lipinski definition) is 5. The number of benzene rings is 2. The molecule has 32 heavy (non-hydrogen) atoms. The maximum atomic E-state index is 14.7. The number of aromatic nitrogens is 1. The summed E-state index contributed by atoms with van der Waals surface area (Å²) in [6.45, 7) is 5.22. The molecule has 170 valence electrons. The topological polar surface area (TPSA) is 92.8 Å². The predicted octanol–water partition coefficient (Wildman–Crippen LogP) is 5.11. The summed E-state index contributed by atoms with van der Waals surface area (Å²) in [6, 6.07) is 10.1. The van der Waals surface area contributed by atoms with Crippen molar-refractivity contribution < 1.29 is 28.6 Å². The Balaban J connectivity index is 2.06. The number of oxazole rings is 1. The van der Waals surface area contributed by atoms with E-state index in [1.165, 1.54) is 18.3 Å². The molecule has 0 aliphatic heterocycles. The second-order valence-electron chi connectivity index (χ2n) is 8.58. The largest absolute Gasteiger partial charge is 0.496 e. The van der Waals surface area contributed by atoms with Crippen molar-refractivity contribution in [2.24, 2.45) is 0 Å². The Hall–Kier alpha value is -3.19. The fraction of sp³-hybridized carbons (Fsp3) is 0.360. The van der Waals surface area contributed by atoms with E-state index in [0.717, 1.165) is 5.56 Å². The highest BCUT2D eigenvalue weighted by molar-refractivity contribution is 5.73. The molecule has 0 saturated carbocycles. The van der Waals surface area contributed by atoms with Crippen molar-refractivity contribution in [2.75, 3.05) is 7.11 Å². The van der Waals surface area contributed by atoms with Gasteiger partial charge in [0.15, 0.2) is 0 Å². The second-order valence-corrected chi connectivity index (χ2v) is 8.58. The Labute approximate surface area is 186 Å². The third-order valence-corrected chi connectivity index (χ3v) is 5.24. The van der Waals surface area contributed by atoms with E-state index in [4.69, 9.17) is 9.15 Å². The number of methoxy groups -OCH3 is 1. The number of nitrogens with zero attached hydrogens (tertiary/aromatic N) is 1. The minimum Gasteiger partial charge on any atom is -0.496 e. The molecule has 0 aliphatic carbocycles. The van der Waals surface area contributed by atoms with Gasteiger partial charge in [-0.15, -0.1) is 0 Å². The van der Waals surface area contributed by atoms with Gasteiger partial charge < -0.3 is 19.4 Å². The van der Waals surface area contributed by atoms with E-state index >= 15 is 0 Å². The van der Waals surface area contributed by atoms with Crippen molar-refractivity contribution >= 4 is 5.97 Å². The molecule has 0 aliphatic rings. The van der Waals surface area contributed by atoms with Gasteiger partial charge in [0.05, 0.1) is 31.2 Å². The Morgan fingerprint density at radius 1 is 1.25 bits per heavy atom. The molecule has 2 N–H and O–H groups in total. The molecule has 0 radical (unpaired) electrons. The van der Waals surface area contributed by atoms with E-state index < -0.39 is 23.3 Å². The number of ether oxygens (including phenoxy) is 1. The number of carboxylic acid groups (broad SMARTS) is 1. The lowest BCUT2D eigenvalue weighted by Crippen LogP contribution is -2.19. The van der Waals surface area contributed by atoms with Crippen LogP contribution in [0.4, 0.5) is 4.39 Å². The molecule has 0 bridgehead atoms. The van der Waals surface area contributed by atoms with Gasteiger partial charge in [0.1, 0.15) is 17.3 Å². The molecule has 0 saturated heterocycles. The molecule has 3 aromatic rings. The molecule has 2 aromatic carbocycles. The van der Waals surface area contributed by atoms with Crippen LogP contribution in [0.3, 0.4) is 0 Å². The molecular weight excluding hydrogens is 413 g/mol. The van der Waals surface area contributed by atoms with Gasteiger partial charge in [-0.2, -0.15) is 0 Å². The van der Waals surface area contributed by atoms with E-state index in [1.54, 1.807) is 33.9 Å². The van der Waals surface area contributed by atoms with Crippen molar-refractivity contribution in [2.45, 2.75) is 51.6 Å². The average Bonchev–Trinajstić information content (AvgIpc) is 3.15. The van der Waals surface area contributed by atoms with Gasteiger partial charge in [-0.1, -0.05) is 6.07 Å². The zero-order valence-corrected chi connectivity index (χ0v) is 18.7. The highest BCUT2D eigenvalue weighted by atomic mass is 19.1. The third kappa shape index (κ3) is 5.95. The fourth-order valence-corrected chi connectivity index (χ4v) is 3.61. The SMILES string of the molecule is COc1ccc(CCC(C)(C)O)cc1-c1cc(F)cc(C(CC(=O)O)c2ncc(C)o2)c1. The minimum atomic E-state index is -1.04. The Morgan fingerprint density at radius 2 is 2.00 bits per heavy atom. The Kier molecular flexibility index (Phi) is 6.99. The number of carboxylic acids is 1. The number of carbonyl (C=O) groups is 1. The van der Waals surface area contributed by atoms with Crippen molar-refractivity contribution in [3.8, 4) is 16.9 Å². The second kappa shape index (κ2) is 9.53. The number of rotatable bonds is 9. The van der Waals surface area contributed by atoms with Gasteiger partial charge in [-0.25, -0.2) is 9.37 Å². The Bertz CT molecular complexity index is 1100. The van der Waals surface area contributed by atoms with Gasteiger partial charge in [-0.05, 0) is 80.6 Å². The van der Waals surface area contributed by atoms with Crippen LogP contribution in [-0.4, -0.2) is 33.9 Å². The minimum absolute atomic E-state index is 0.229. The molecule has 7 heteroatoms. The number of hydrogen-bond donors (Lipinski definition) is 2. The summed E-state index contributed by atoms with van der Waals surface area (Å²) in [7, 11) is 1.54. The number of aliphatic carboxylic acids is 1. The zero-order chi connectivity index (χ0) is 23.5. The normalized spacial score (nSPS) is 12.6. The lowest BCUT2D eigenvalue weighted by atomic mass is 9.91. The number of halogens is 1. The molecule has 0 amide bonds. The first-order chi connectivity index (χ1) is 15.1. The molecule has 1 atom stereocenters. The molecule has 0 fully saturated rings. The monoisotopic (exact) mass is 441 g/mol. The summed E-state index contributed by atoms with van der Waals surface area (Å²) in [6.07, 6.45) is 2.43. The molecule has 1 unspecified atom stereocenters. The number of aliphatic hydroxyl groups is 1. The van der Waals surface area contributed by atoms with Crippen molar-refractivity contribution in [1.82, 2.24) is 4.98 Å². The fourth-order valence-electron chi connectivity index (χ4n) is 3.61. The smallest absolute Gasteiger partial charge is 0.304 e. The molecule has 0 spiro atoms. The lowest BCUT2D eigenvalue weighted by Gasteiger charge is -2.18. The van der Waals surface area contributed by atoms with Crippen molar-refractivity contribution in [1.29, 1.82) is 0 Å². The van der Waals surface area contributed by atoms with Gasteiger partial charge in [0.25, 0.3) is 0 Å². The van der Waals surface area contributed by atoms with E-state index in [0.29, 0.717) is 41.0 Å². The lowest BCUT2D eigenvalue weighted by molar-refractivity contribution is -0.137. The summed E-state index contributed by atoms with van der Waals surface area (Å²) in [5, 5.41) is 19.5. The predicted molar refractivity (Wildman–Crippen MR) is 118 cm³/mol. The van der Waals surface area contributed by atoms with Crippen molar-refractivity contribution in [3.05, 3.63) is 71.2 Å². The van der Waals surface area contributed by atoms with Crippen LogP contribution in [0, 0.1) is 12.7 Å². The highest BCUT2D eigenvalue weighted by Gasteiger charge is 2.24. The van der Waals surface area contributed by atoms with Gasteiger partial charge in [0.2, 0.25) is 5.89 Å². The molecule has 1 aromatic heterocycles. The van der Waals surface area contributed by atoms with Crippen LogP contribution in [0.25, 0.3) is 11.1 Å². The summed E-state index contributed by atoms with van der Waals surface area (Å²) < 4.78 is 25.8. The average molecular weight is 441 g/mol. The van der Waals surface area contributed by atoms with Gasteiger partial charge in [-0.3, -0.25) is 4.79 Å². The van der Waals surface area contributed by atoms with E-state index in [9.17, 15) is 19.4 Å². The van der Waals surface area contributed by atoms with Gasteiger partial charge >= 0.3 is 5.97 Å². The van der Waals surface area contributed by atoms with Crippen LogP contribution >= 0.6 is 0 Å². The molecule has 1 heterocycles. The third-order valence-electron chi connectivity index (χ3n) is 5.24. The quantitative estimate of drug-likeness (QED) is 0.479. The summed E-state index contributed by atoms with van der Waals surface area (Å²) in [4.78, 5) is 15.7. The van der Waals surface area contributed by atoms with Crippen LogP contribution in [0.5, 0.6) is 5.75 Å². The van der Waals surface area contributed by atoms with Crippen LogP contribution in [0.15, 0.2) is 47.0 Å². The first kappa shape index (κ1) is 23.5. The van der Waals surface area contributed by atoms with Crippen molar-refractivity contribution in [3.63, 3.8) is 0 Å². The molecular formula is C25H28FNO5. The zero-order valence-electron chi connectivity index (χ0n) is 18.7. The van der Waals surface area contributed by atoms with E-state index in [1.807, 2.05) is 18.2 Å². The highest BCUT2D eigenvalue weighted by Crippen LogP contribution is 2.36. The molecule has 6 nitrogen and oxygen atoms in total. The van der Waals surface area contributed by atoms with Crippen LogP contribution in [0.1, 0.15) is 55.4 Å². The summed E-state index contributed by atoms with van der Waals surface area (Å²) in [5.74, 6) is -0.932. The summed E-state index contributed by atoms with van der Waals surface area (Å²) in [5.41, 5.74) is 1.86. The Morgan fingerprint density at radius 3 is 2.59 bits per heavy atom. The summed E-state index contributed by atoms with van der Waals surface area (Å²) >= 11 is 0. The van der Waals surface area contributed by atoms with Crippen LogP contribution < -0.4 is 4.74 Å². The van der Waals surface area contributed by atoms with Crippen LogP contribution in [0.2, 0.25) is 0 Å². The van der Waals surface area contributed by atoms with E-state index in [2.05, 4.69) is 4.98 Å². The van der Waals surface area contributed by atoms with Crippen LogP contribution in [-0.2, 0) is 11.2 Å². The van der Waals surface area contributed by atoms with E-state index in [-0.39, 0.29) is 12.3 Å². The standard InChI is InChI=1S/C25H28FNO5/c1-15-14-27-24(32-15)21(13-23(28)29)18-10-17(11-19(26)12-18)20-9-16(5-6-22(20)31-4)7-8-25(2,3)30/h5-6,9-12,14,21,30H,7-8,13H2,1-4H3,(H,28,29).